The fraction of sp³-hybridized carbons (Fsp3) is 0.176. The van der Waals surface area contributed by atoms with Crippen LogP contribution in [0.25, 0.3) is 6.08 Å². The summed E-state index contributed by atoms with van der Waals surface area (Å²) in [6.45, 7) is 4.66. The maximum absolute atomic E-state index is 13.6. The van der Waals surface area contributed by atoms with Gasteiger partial charge in [-0.3, -0.25) is 9.59 Å². The molecule has 2 amide bonds. The van der Waals surface area contributed by atoms with Gasteiger partial charge in [0, 0.05) is 16.5 Å². The van der Waals surface area contributed by atoms with Crippen LogP contribution >= 0.6 is 11.8 Å². The average molecular weight is 533 g/mol. The second-order valence-corrected chi connectivity index (χ2v) is 10.9. The zero-order chi connectivity index (χ0) is 27.2. The molecular formula is C34H32N2O2S. The van der Waals surface area contributed by atoms with Gasteiger partial charge in [0.1, 0.15) is 0 Å². The lowest BCUT2D eigenvalue weighted by Gasteiger charge is -2.30. The van der Waals surface area contributed by atoms with E-state index in [1.807, 2.05) is 77.7 Å². The largest absolute Gasteiger partial charge is 0.349 e. The van der Waals surface area contributed by atoms with Crippen molar-refractivity contribution in [1.82, 2.24) is 5.32 Å². The molecule has 0 saturated carbocycles. The fourth-order valence-electron chi connectivity index (χ4n) is 4.76. The number of aryl methyl sites for hydroxylation is 1. The Labute approximate surface area is 234 Å². The zero-order valence-electron chi connectivity index (χ0n) is 22.3. The van der Waals surface area contributed by atoms with Crippen LogP contribution in [0.4, 0.5) is 5.69 Å². The third kappa shape index (κ3) is 6.50. The molecule has 4 nitrogen and oxygen atoms in total. The molecule has 4 aromatic rings. The van der Waals surface area contributed by atoms with Crippen LogP contribution in [-0.4, -0.2) is 17.9 Å². The summed E-state index contributed by atoms with van der Waals surface area (Å²) in [6.07, 6.45) is 3.57. The third-order valence-corrected chi connectivity index (χ3v) is 7.96. The zero-order valence-corrected chi connectivity index (χ0v) is 23.1. The van der Waals surface area contributed by atoms with Crippen LogP contribution in [0.3, 0.4) is 0 Å². The molecule has 0 fully saturated rings. The second kappa shape index (κ2) is 12.2. The van der Waals surface area contributed by atoms with Gasteiger partial charge in [0.05, 0.1) is 17.1 Å². The Balaban J connectivity index is 1.32. The number of nitrogens with one attached hydrogen (secondary N) is 1. The lowest BCUT2D eigenvalue weighted by atomic mass is 10.0. The molecule has 0 spiro atoms. The minimum absolute atomic E-state index is 0.0197. The van der Waals surface area contributed by atoms with Crippen molar-refractivity contribution in [3.63, 3.8) is 0 Å². The van der Waals surface area contributed by atoms with E-state index in [4.69, 9.17) is 0 Å². The van der Waals surface area contributed by atoms with E-state index in [1.165, 1.54) is 22.9 Å². The number of carbonyl (C=O) groups is 2. The molecule has 196 valence electrons. The lowest BCUT2D eigenvalue weighted by Crippen LogP contribution is -2.35. The lowest BCUT2D eigenvalue weighted by molar-refractivity contribution is -0.114. The molecule has 5 rings (SSSR count). The Morgan fingerprint density at radius 2 is 1.62 bits per heavy atom. The van der Waals surface area contributed by atoms with Crippen LogP contribution in [-0.2, 0) is 17.8 Å². The summed E-state index contributed by atoms with van der Waals surface area (Å²) in [6, 6.07) is 34.0. The number of nitrogens with zero attached hydrogens (tertiary/aromatic N) is 1. The number of benzene rings is 4. The summed E-state index contributed by atoms with van der Waals surface area (Å²) < 4.78 is 0. The van der Waals surface area contributed by atoms with Crippen LogP contribution in [0.15, 0.2) is 113 Å². The van der Waals surface area contributed by atoms with Crippen LogP contribution in [0, 0.1) is 6.92 Å². The van der Waals surface area contributed by atoms with Crippen LogP contribution in [0.1, 0.15) is 46.0 Å². The molecule has 1 aliphatic heterocycles. The van der Waals surface area contributed by atoms with Crippen molar-refractivity contribution in [3.05, 3.63) is 136 Å². The van der Waals surface area contributed by atoms with Gasteiger partial charge < -0.3 is 10.2 Å². The summed E-state index contributed by atoms with van der Waals surface area (Å²) in [5.74, 6) is -0.105. The highest BCUT2D eigenvalue weighted by Crippen LogP contribution is 2.42. The van der Waals surface area contributed by atoms with E-state index in [0.29, 0.717) is 17.0 Å². The molecule has 1 N–H and O–H groups in total. The van der Waals surface area contributed by atoms with Crippen molar-refractivity contribution in [2.75, 3.05) is 4.90 Å². The van der Waals surface area contributed by atoms with Crippen molar-refractivity contribution >= 4 is 35.3 Å². The van der Waals surface area contributed by atoms with Gasteiger partial charge in [-0.15, -0.1) is 0 Å². The predicted molar refractivity (Wildman–Crippen MR) is 161 cm³/mol. The smallest absolute Gasteiger partial charge is 0.265 e. The number of thioether (sulfide) groups is 1. The number of carbonyl (C=O) groups excluding carboxylic acids is 2. The molecule has 4 aromatic carbocycles. The number of anilines is 1. The molecule has 5 heteroatoms. The van der Waals surface area contributed by atoms with Crippen molar-refractivity contribution in [2.45, 2.75) is 44.2 Å². The summed E-state index contributed by atoms with van der Waals surface area (Å²) in [5, 5.41) is 3.16. The minimum Gasteiger partial charge on any atom is -0.349 e. The monoisotopic (exact) mass is 532 g/mol. The number of amides is 2. The number of rotatable bonds is 8. The Kier molecular flexibility index (Phi) is 8.28. The van der Waals surface area contributed by atoms with E-state index in [2.05, 4.69) is 55.6 Å². The van der Waals surface area contributed by atoms with Crippen molar-refractivity contribution in [3.8, 4) is 0 Å². The Morgan fingerprint density at radius 3 is 2.36 bits per heavy atom. The Morgan fingerprint density at radius 1 is 0.897 bits per heavy atom. The van der Waals surface area contributed by atoms with E-state index in [-0.39, 0.29) is 17.9 Å². The number of hydrogen-bond acceptors (Lipinski definition) is 3. The van der Waals surface area contributed by atoms with E-state index in [1.54, 1.807) is 0 Å². The molecular weight excluding hydrogens is 500 g/mol. The van der Waals surface area contributed by atoms with Crippen molar-refractivity contribution in [2.24, 2.45) is 0 Å². The molecule has 1 heterocycles. The van der Waals surface area contributed by atoms with E-state index in [0.717, 1.165) is 34.6 Å². The number of hydrogen-bond donors (Lipinski definition) is 1. The maximum Gasteiger partial charge on any atom is 0.265 e. The molecule has 1 aliphatic rings. The fourth-order valence-corrected chi connectivity index (χ4v) is 5.82. The van der Waals surface area contributed by atoms with Gasteiger partial charge in [-0.25, -0.2) is 0 Å². The average Bonchev–Trinajstić information content (AvgIpc) is 2.96. The minimum atomic E-state index is -0.0849. The first kappa shape index (κ1) is 26.5. The van der Waals surface area contributed by atoms with Gasteiger partial charge in [0.15, 0.2) is 0 Å². The third-order valence-electron chi connectivity index (χ3n) is 6.88. The topological polar surface area (TPSA) is 49.4 Å². The van der Waals surface area contributed by atoms with Gasteiger partial charge in [-0.05, 0) is 66.8 Å². The molecule has 0 aromatic heterocycles. The first-order valence-electron chi connectivity index (χ1n) is 13.3. The molecule has 0 bridgehead atoms. The highest BCUT2D eigenvalue weighted by molar-refractivity contribution is 8.04. The van der Waals surface area contributed by atoms with Crippen LogP contribution < -0.4 is 10.2 Å². The van der Waals surface area contributed by atoms with E-state index in [9.17, 15) is 9.59 Å². The van der Waals surface area contributed by atoms with Crippen molar-refractivity contribution < 1.29 is 9.59 Å². The summed E-state index contributed by atoms with van der Waals surface area (Å²) in [4.78, 5) is 30.1. The normalized spacial score (nSPS) is 14.7. The standard InChI is InChI=1S/C34H32N2O2S/c1-3-29(21-25-11-5-4-6-12-25)35-33(37)28-18-16-26(17-19-28)22-32-34(38)36(23-27-13-9-10-24(2)20-27)30-14-7-8-15-31(30)39-32/h4-20,22,29H,3,21,23H2,1-2H3,(H,35,37)/b32-22+. The Hall–Kier alpha value is -4.09. The van der Waals surface area contributed by atoms with Crippen LogP contribution in [0.2, 0.25) is 0 Å². The van der Waals surface area contributed by atoms with E-state index >= 15 is 0 Å². The highest BCUT2D eigenvalue weighted by atomic mass is 32.2. The summed E-state index contributed by atoms with van der Waals surface area (Å²) in [7, 11) is 0. The molecule has 39 heavy (non-hydrogen) atoms. The predicted octanol–water partition coefficient (Wildman–Crippen LogP) is 7.43. The van der Waals surface area contributed by atoms with Gasteiger partial charge in [0.25, 0.3) is 11.8 Å². The SMILES string of the molecule is CCC(Cc1ccccc1)NC(=O)c1ccc(/C=C2/Sc3ccccc3N(Cc3cccc(C)c3)C2=O)cc1. The van der Waals surface area contributed by atoms with E-state index < -0.39 is 0 Å². The van der Waals surface area contributed by atoms with Gasteiger partial charge in [0.2, 0.25) is 0 Å². The highest BCUT2D eigenvalue weighted by Gasteiger charge is 2.29. The van der Waals surface area contributed by atoms with Crippen LogP contribution in [0.5, 0.6) is 0 Å². The first-order valence-corrected chi connectivity index (χ1v) is 14.1. The summed E-state index contributed by atoms with van der Waals surface area (Å²) >= 11 is 1.49. The van der Waals surface area contributed by atoms with Gasteiger partial charge >= 0.3 is 0 Å². The van der Waals surface area contributed by atoms with Gasteiger partial charge in [-0.2, -0.15) is 0 Å². The molecule has 1 unspecified atom stereocenters. The number of para-hydroxylation sites is 1. The Bertz CT molecular complexity index is 1500. The molecule has 0 radical (unpaired) electrons. The van der Waals surface area contributed by atoms with Gasteiger partial charge in [-0.1, -0.05) is 103 Å². The number of fused-ring (bicyclic) bond motifs is 1. The quantitative estimate of drug-likeness (QED) is 0.240. The summed E-state index contributed by atoms with van der Waals surface area (Å²) in [5.41, 5.74) is 5.90. The molecule has 0 saturated heterocycles. The molecule has 1 atom stereocenters. The maximum atomic E-state index is 13.6. The first-order chi connectivity index (χ1) is 19.0. The molecule has 0 aliphatic carbocycles. The second-order valence-electron chi connectivity index (χ2n) is 9.85. The van der Waals surface area contributed by atoms with Crippen molar-refractivity contribution in [1.29, 1.82) is 0 Å².